The van der Waals surface area contributed by atoms with Crippen LogP contribution in [-0.2, 0) is 19.7 Å². The molecule has 6 heteroatoms. The highest BCUT2D eigenvalue weighted by atomic mass is 28.4. The standard InChI is InChI=1S/C15H24F2O3Si/c1-4-18-21(19-5-2,20-6-3)9-7-8-13-10-14(16)12-15(17)11-13/h10-12H,4-9H2,1-3H3. The Morgan fingerprint density at radius 2 is 1.33 bits per heavy atom. The van der Waals surface area contributed by atoms with Crippen LogP contribution in [-0.4, -0.2) is 28.6 Å². The fourth-order valence-electron chi connectivity index (χ4n) is 2.27. The van der Waals surface area contributed by atoms with Crippen LogP contribution >= 0.6 is 0 Å². The summed E-state index contributed by atoms with van der Waals surface area (Å²) in [5.41, 5.74) is 0.639. The molecule has 0 saturated heterocycles. The molecule has 0 amide bonds. The lowest BCUT2D eigenvalue weighted by atomic mass is 10.1. The van der Waals surface area contributed by atoms with Crippen LogP contribution in [0.15, 0.2) is 18.2 Å². The molecule has 1 aromatic rings. The van der Waals surface area contributed by atoms with Crippen LogP contribution in [0.1, 0.15) is 32.8 Å². The molecule has 21 heavy (non-hydrogen) atoms. The van der Waals surface area contributed by atoms with E-state index in [4.69, 9.17) is 13.3 Å². The van der Waals surface area contributed by atoms with E-state index in [0.29, 0.717) is 44.3 Å². The highest BCUT2D eigenvalue weighted by Gasteiger charge is 2.39. The topological polar surface area (TPSA) is 27.7 Å². The highest BCUT2D eigenvalue weighted by Crippen LogP contribution is 2.20. The lowest BCUT2D eigenvalue weighted by Gasteiger charge is -2.28. The highest BCUT2D eigenvalue weighted by molar-refractivity contribution is 6.60. The molecule has 0 fully saturated rings. The lowest BCUT2D eigenvalue weighted by molar-refractivity contribution is 0.0708. The first-order chi connectivity index (χ1) is 10.0. The van der Waals surface area contributed by atoms with Crippen LogP contribution in [0.4, 0.5) is 8.78 Å². The van der Waals surface area contributed by atoms with Crippen molar-refractivity contribution in [3.05, 3.63) is 35.4 Å². The molecule has 0 N–H and O–H groups in total. The van der Waals surface area contributed by atoms with Gasteiger partial charge in [0.05, 0.1) is 0 Å². The first-order valence-electron chi connectivity index (χ1n) is 7.42. The largest absolute Gasteiger partial charge is 0.500 e. The summed E-state index contributed by atoms with van der Waals surface area (Å²) in [5.74, 6) is -1.10. The van der Waals surface area contributed by atoms with E-state index in [0.717, 1.165) is 6.07 Å². The Kier molecular flexibility index (Phi) is 8.03. The normalized spacial score (nSPS) is 11.9. The number of rotatable bonds is 10. The molecule has 0 bridgehead atoms. The van der Waals surface area contributed by atoms with E-state index in [9.17, 15) is 8.78 Å². The van der Waals surface area contributed by atoms with Gasteiger partial charge in [-0.1, -0.05) is 0 Å². The molecule has 120 valence electrons. The van der Waals surface area contributed by atoms with Gasteiger partial charge in [-0.05, 0) is 51.3 Å². The first-order valence-corrected chi connectivity index (χ1v) is 9.35. The molecule has 0 aliphatic rings. The minimum atomic E-state index is -2.66. The molecule has 0 unspecified atom stereocenters. The molecule has 3 nitrogen and oxygen atoms in total. The Hall–Kier alpha value is -0.823. The smallest absolute Gasteiger partial charge is 0.374 e. The molecule has 0 saturated carbocycles. The van der Waals surface area contributed by atoms with Gasteiger partial charge in [0.2, 0.25) is 0 Å². The van der Waals surface area contributed by atoms with Crippen molar-refractivity contribution in [1.29, 1.82) is 0 Å². The second kappa shape index (κ2) is 9.25. The monoisotopic (exact) mass is 318 g/mol. The van der Waals surface area contributed by atoms with Crippen LogP contribution in [0.5, 0.6) is 0 Å². The molecular formula is C15H24F2O3Si. The molecular weight excluding hydrogens is 294 g/mol. The third kappa shape index (κ3) is 6.21. The quantitative estimate of drug-likeness (QED) is 0.612. The Labute approximate surface area is 126 Å². The maximum absolute atomic E-state index is 13.1. The zero-order chi connectivity index (χ0) is 15.7. The minimum absolute atomic E-state index is 0.529. The van der Waals surface area contributed by atoms with E-state index in [-0.39, 0.29) is 0 Å². The number of halogens is 2. The number of benzene rings is 1. The predicted octanol–water partition coefficient (Wildman–Crippen LogP) is 3.95. The molecule has 0 spiro atoms. The van der Waals surface area contributed by atoms with Crippen molar-refractivity contribution in [3.63, 3.8) is 0 Å². The van der Waals surface area contributed by atoms with Crippen molar-refractivity contribution < 1.29 is 22.1 Å². The van der Waals surface area contributed by atoms with Gasteiger partial charge in [-0.2, -0.15) is 0 Å². The Morgan fingerprint density at radius 1 is 0.857 bits per heavy atom. The zero-order valence-electron chi connectivity index (χ0n) is 13.0. The molecule has 1 aromatic carbocycles. The van der Waals surface area contributed by atoms with Gasteiger partial charge in [-0.25, -0.2) is 8.78 Å². The van der Waals surface area contributed by atoms with Gasteiger partial charge in [0.1, 0.15) is 11.6 Å². The van der Waals surface area contributed by atoms with Crippen molar-refractivity contribution in [1.82, 2.24) is 0 Å². The van der Waals surface area contributed by atoms with E-state index < -0.39 is 20.4 Å². The van der Waals surface area contributed by atoms with Crippen molar-refractivity contribution in [2.45, 2.75) is 39.7 Å². The van der Waals surface area contributed by atoms with Crippen molar-refractivity contribution in [2.75, 3.05) is 19.8 Å². The summed E-state index contributed by atoms with van der Waals surface area (Å²) >= 11 is 0. The first kappa shape index (κ1) is 18.2. The van der Waals surface area contributed by atoms with E-state index in [2.05, 4.69) is 0 Å². The van der Waals surface area contributed by atoms with E-state index in [1.807, 2.05) is 20.8 Å². The lowest BCUT2D eigenvalue weighted by Crippen LogP contribution is -2.46. The average molecular weight is 318 g/mol. The molecule has 0 radical (unpaired) electrons. The summed E-state index contributed by atoms with van der Waals surface area (Å²) in [6.07, 6.45) is 1.27. The summed E-state index contributed by atoms with van der Waals surface area (Å²) < 4.78 is 43.5. The molecule has 0 aliphatic carbocycles. The van der Waals surface area contributed by atoms with Crippen molar-refractivity contribution >= 4 is 8.80 Å². The zero-order valence-corrected chi connectivity index (χ0v) is 14.0. The summed E-state index contributed by atoms with van der Waals surface area (Å²) in [6.45, 7) is 7.30. The second-order valence-electron chi connectivity index (χ2n) is 4.61. The Bertz CT molecular complexity index is 392. The van der Waals surface area contributed by atoms with Gasteiger partial charge in [0.25, 0.3) is 0 Å². The van der Waals surface area contributed by atoms with Crippen molar-refractivity contribution in [2.24, 2.45) is 0 Å². The summed E-state index contributed by atoms with van der Waals surface area (Å²) in [7, 11) is -2.66. The predicted molar refractivity (Wildman–Crippen MR) is 80.1 cm³/mol. The van der Waals surface area contributed by atoms with Crippen LogP contribution < -0.4 is 0 Å². The van der Waals surface area contributed by atoms with Crippen LogP contribution in [0.3, 0.4) is 0 Å². The summed E-state index contributed by atoms with van der Waals surface area (Å²) in [5, 5.41) is 0. The maximum Gasteiger partial charge on any atom is 0.500 e. The van der Waals surface area contributed by atoms with Gasteiger partial charge in [-0.3, -0.25) is 0 Å². The average Bonchev–Trinajstić information content (AvgIpc) is 2.38. The molecule has 1 rings (SSSR count). The number of hydrogen-bond acceptors (Lipinski definition) is 3. The van der Waals surface area contributed by atoms with Crippen LogP contribution in [0.2, 0.25) is 6.04 Å². The molecule has 0 aromatic heterocycles. The summed E-state index contributed by atoms with van der Waals surface area (Å²) in [6, 6.07) is 4.23. The van der Waals surface area contributed by atoms with Crippen LogP contribution in [0.25, 0.3) is 0 Å². The fourth-order valence-corrected chi connectivity index (χ4v) is 4.88. The van der Waals surface area contributed by atoms with Crippen molar-refractivity contribution in [3.8, 4) is 0 Å². The third-order valence-electron chi connectivity index (χ3n) is 2.96. The summed E-state index contributed by atoms with van der Waals surface area (Å²) in [4.78, 5) is 0. The van der Waals surface area contributed by atoms with E-state index >= 15 is 0 Å². The Balaban J connectivity index is 2.63. The molecule has 0 aliphatic heterocycles. The van der Waals surface area contributed by atoms with Gasteiger partial charge in [0, 0.05) is 31.9 Å². The second-order valence-corrected chi connectivity index (χ2v) is 7.35. The van der Waals surface area contributed by atoms with Gasteiger partial charge in [0.15, 0.2) is 0 Å². The molecule has 0 heterocycles. The fraction of sp³-hybridized carbons (Fsp3) is 0.600. The minimum Gasteiger partial charge on any atom is -0.374 e. The van der Waals surface area contributed by atoms with Gasteiger partial charge < -0.3 is 13.3 Å². The third-order valence-corrected chi connectivity index (χ3v) is 6.11. The maximum atomic E-state index is 13.1. The van der Waals surface area contributed by atoms with E-state index in [1.165, 1.54) is 12.1 Å². The van der Waals surface area contributed by atoms with E-state index in [1.54, 1.807) is 0 Å². The number of aryl methyl sites for hydroxylation is 1. The molecule has 0 atom stereocenters. The SMILES string of the molecule is CCO[Si](CCCc1cc(F)cc(F)c1)(OCC)OCC. The number of hydrogen-bond donors (Lipinski definition) is 0. The van der Waals surface area contributed by atoms with Gasteiger partial charge >= 0.3 is 8.80 Å². The van der Waals surface area contributed by atoms with Gasteiger partial charge in [-0.15, -0.1) is 0 Å². The Morgan fingerprint density at radius 3 is 1.76 bits per heavy atom. The van der Waals surface area contributed by atoms with Crippen LogP contribution in [0, 0.1) is 11.6 Å².